The fourth-order valence-corrected chi connectivity index (χ4v) is 2.83. The molecular weight excluding hydrogens is 282 g/mol. The van der Waals surface area contributed by atoms with Gasteiger partial charge in [0.05, 0.1) is 5.52 Å². The number of benzene rings is 2. The van der Waals surface area contributed by atoms with E-state index in [1.807, 2.05) is 56.3 Å². The van der Waals surface area contributed by atoms with Crippen LogP contribution in [0.3, 0.4) is 0 Å². The Labute approximate surface area is 129 Å². The number of aromatic nitrogens is 1. The lowest BCUT2D eigenvalue weighted by atomic mass is 9.98. The molecule has 3 rings (SSSR count). The van der Waals surface area contributed by atoms with E-state index in [9.17, 15) is 5.11 Å². The first-order valence-electron chi connectivity index (χ1n) is 6.85. The second-order valence-corrected chi connectivity index (χ2v) is 5.81. The van der Waals surface area contributed by atoms with Gasteiger partial charge in [-0.15, -0.1) is 0 Å². The number of pyridine rings is 1. The van der Waals surface area contributed by atoms with Crippen LogP contribution in [0.4, 0.5) is 0 Å². The highest BCUT2D eigenvalue weighted by molar-refractivity contribution is 6.30. The summed E-state index contributed by atoms with van der Waals surface area (Å²) in [6.07, 6.45) is -0.687. The number of aliphatic hydroxyl groups is 1. The number of halogens is 1. The number of fused-ring (bicyclic) bond motifs is 1. The molecule has 0 fully saturated rings. The quantitative estimate of drug-likeness (QED) is 0.750. The molecule has 0 bridgehead atoms. The van der Waals surface area contributed by atoms with Gasteiger partial charge in [-0.3, -0.25) is 4.98 Å². The van der Waals surface area contributed by atoms with Crippen molar-refractivity contribution in [3.63, 3.8) is 0 Å². The summed E-state index contributed by atoms with van der Waals surface area (Å²) >= 11 is 6.07. The molecule has 0 spiro atoms. The summed E-state index contributed by atoms with van der Waals surface area (Å²) in [6.45, 7) is 3.94. The zero-order valence-corrected chi connectivity index (χ0v) is 12.7. The summed E-state index contributed by atoms with van der Waals surface area (Å²) < 4.78 is 0. The van der Waals surface area contributed by atoms with Crippen LogP contribution < -0.4 is 0 Å². The summed E-state index contributed by atoms with van der Waals surface area (Å²) in [5, 5.41) is 12.2. The average Bonchev–Trinajstić information content (AvgIpc) is 2.45. The highest BCUT2D eigenvalue weighted by Crippen LogP contribution is 2.27. The van der Waals surface area contributed by atoms with Gasteiger partial charge in [0.25, 0.3) is 0 Å². The van der Waals surface area contributed by atoms with E-state index in [-0.39, 0.29) is 0 Å². The molecule has 21 heavy (non-hydrogen) atoms. The van der Waals surface area contributed by atoms with Gasteiger partial charge in [0.15, 0.2) is 0 Å². The van der Waals surface area contributed by atoms with Gasteiger partial charge >= 0.3 is 0 Å². The second kappa shape index (κ2) is 5.47. The van der Waals surface area contributed by atoms with Crippen LogP contribution in [-0.2, 0) is 0 Å². The number of aliphatic hydroxyl groups excluding tert-OH is 1. The molecule has 0 aliphatic rings. The van der Waals surface area contributed by atoms with E-state index >= 15 is 0 Å². The van der Waals surface area contributed by atoms with Crippen LogP contribution in [0.15, 0.2) is 48.5 Å². The predicted octanol–water partition coefficient (Wildman–Crippen LogP) is 4.59. The van der Waals surface area contributed by atoms with E-state index in [4.69, 9.17) is 11.6 Å². The molecule has 0 saturated carbocycles. The van der Waals surface area contributed by atoms with E-state index in [1.165, 1.54) is 0 Å². The molecule has 0 saturated heterocycles. The van der Waals surface area contributed by atoms with Crippen molar-refractivity contribution in [2.75, 3.05) is 0 Å². The fraction of sp³-hybridized carbons (Fsp3) is 0.167. The SMILES string of the molecule is Cc1cc(Cl)cc(C(O)c2ccc3nc(C)ccc3c2)c1. The Hall–Kier alpha value is -1.90. The minimum Gasteiger partial charge on any atom is -0.384 e. The molecule has 3 heteroatoms. The third-order valence-electron chi connectivity index (χ3n) is 3.55. The first kappa shape index (κ1) is 14.1. The molecule has 0 aliphatic heterocycles. The number of nitrogens with zero attached hydrogens (tertiary/aromatic N) is 1. The van der Waals surface area contributed by atoms with Crippen LogP contribution in [-0.4, -0.2) is 10.1 Å². The van der Waals surface area contributed by atoms with Crippen LogP contribution in [0.1, 0.15) is 28.5 Å². The van der Waals surface area contributed by atoms with Gasteiger partial charge < -0.3 is 5.11 Å². The number of rotatable bonds is 2. The Balaban J connectivity index is 2.04. The third kappa shape index (κ3) is 2.92. The van der Waals surface area contributed by atoms with E-state index < -0.39 is 6.10 Å². The van der Waals surface area contributed by atoms with Gasteiger partial charge in [-0.25, -0.2) is 0 Å². The predicted molar refractivity (Wildman–Crippen MR) is 86.7 cm³/mol. The Bertz CT molecular complexity index is 793. The van der Waals surface area contributed by atoms with Gasteiger partial charge in [0, 0.05) is 16.1 Å². The van der Waals surface area contributed by atoms with E-state index in [0.717, 1.165) is 33.3 Å². The van der Waals surface area contributed by atoms with Crippen molar-refractivity contribution < 1.29 is 5.11 Å². The van der Waals surface area contributed by atoms with Gasteiger partial charge in [-0.2, -0.15) is 0 Å². The minimum atomic E-state index is -0.687. The van der Waals surface area contributed by atoms with Crippen molar-refractivity contribution in [1.29, 1.82) is 0 Å². The standard InChI is InChI=1S/C18H16ClNO/c1-11-7-15(10-16(19)8-11)18(21)14-5-6-17-13(9-14)4-3-12(2)20-17/h3-10,18,21H,1-2H3. The van der Waals surface area contributed by atoms with Crippen LogP contribution in [0.5, 0.6) is 0 Å². The Morgan fingerprint density at radius 2 is 1.76 bits per heavy atom. The Morgan fingerprint density at radius 1 is 0.952 bits per heavy atom. The largest absolute Gasteiger partial charge is 0.384 e. The third-order valence-corrected chi connectivity index (χ3v) is 3.77. The molecule has 1 unspecified atom stereocenters. The zero-order chi connectivity index (χ0) is 15.0. The van der Waals surface area contributed by atoms with Gasteiger partial charge in [0.2, 0.25) is 0 Å². The minimum absolute atomic E-state index is 0.641. The molecule has 106 valence electrons. The molecule has 1 heterocycles. The highest BCUT2D eigenvalue weighted by Gasteiger charge is 2.12. The van der Waals surface area contributed by atoms with E-state index in [0.29, 0.717) is 5.02 Å². The van der Waals surface area contributed by atoms with Crippen LogP contribution in [0, 0.1) is 13.8 Å². The van der Waals surface area contributed by atoms with Crippen molar-refractivity contribution in [2.24, 2.45) is 0 Å². The summed E-state index contributed by atoms with van der Waals surface area (Å²) in [6, 6.07) is 15.5. The number of aryl methyl sites for hydroxylation is 2. The molecular formula is C18H16ClNO. The normalized spacial score (nSPS) is 12.6. The number of hydrogen-bond acceptors (Lipinski definition) is 2. The lowest BCUT2D eigenvalue weighted by molar-refractivity contribution is 0.220. The smallest absolute Gasteiger partial charge is 0.104 e. The van der Waals surface area contributed by atoms with Crippen LogP contribution in [0.25, 0.3) is 10.9 Å². The van der Waals surface area contributed by atoms with Gasteiger partial charge in [-0.1, -0.05) is 29.8 Å². The molecule has 2 aromatic carbocycles. The molecule has 3 aromatic rings. The topological polar surface area (TPSA) is 33.1 Å². The maximum Gasteiger partial charge on any atom is 0.104 e. The summed E-state index contributed by atoms with van der Waals surface area (Å²) in [5.74, 6) is 0. The summed E-state index contributed by atoms with van der Waals surface area (Å²) in [5.41, 5.74) is 4.61. The van der Waals surface area contributed by atoms with Crippen molar-refractivity contribution in [3.05, 3.63) is 75.9 Å². The monoisotopic (exact) mass is 297 g/mol. The number of hydrogen-bond donors (Lipinski definition) is 1. The molecule has 0 amide bonds. The fourth-order valence-electron chi connectivity index (χ4n) is 2.53. The van der Waals surface area contributed by atoms with E-state index in [2.05, 4.69) is 4.98 Å². The first-order valence-corrected chi connectivity index (χ1v) is 7.23. The van der Waals surface area contributed by atoms with Crippen LogP contribution >= 0.6 is 11.6 Å². The average molecular weight is 298 g/mol. The first-order chi connectivity index (χ1) is 10.0. The Kier molecular flexibility index (Phi) is 3.66. The van der Waals surface area contributed by atoms with E-state index in [1.54, 1.807) is 6.07 Å². The lowest BCUT2D eigenvalue weighted by Crippen LogP contribution is -2.00. The maximum atomic E-state index is 10.6. The van der Waals surface area contributed by atoms with Gasteiger partial charge in [-0.05, 0) is 60.9 Å². The Morgan fingerprint density at radius 3 is 2.52 bits per heavy atom. The van der Waals surface area contributed by atoms with Crippen molar-refractivity contribution in [3.8, 4) is 0 Å². The summed E-state index contributed by atoms with van der Waals surface area (Å²) in [4.78, 5) is 4.47. The maximum absolute atomic E-state index is 10.6. The van der Waals surface area contributed by atoms with Crippen LogP contribution in [0.2, 0.25) is 5.02 Å². The van der Waals surface area contributed by atoms with Crippen molar-refractivity contribution in [2.45, 2.75) is 20.0 Å². The highest BCUT2D eigenvalue weighted by atomic mass is 35.5. The van der Waals surface area contributed by atoms with Crippen molar-refractivity contribution >= 4 is 22.5 Å². The molecule has 1 aromatic heterocycles. The molecule has 1 N–H and O–H groups in total. The second-order valence-electron chi connectivity index (χ2n) is 5.37. The molecule has 1 atom stereocenters. The molecule has 0 aliphatic carbocycles. The molecule has 2 nitrogen and oxygen atoms in total. The van der Waals surface area contributed by atoms with Crippen molar-refractivity contribution in [1.82, 2.24) is 4.98 Å². The zero-order valence-electron chi connectivity index (χ0n) is 12.0. The summed E-state index contributed by atoms with van der Waals surface area (Å²) in [7, 11) is 0. The van der Waals surface area contributed by atoms with Gasteiger partial charge in [0.1, 0.15) is 6.10 Å². The lowest BCUT2D eigenvalue weighted by Gasteiger charge is -2.13. The molecule has 0 radical (unpaired) electrons.